The van der Waals surface area contributed by atoms with Crippen molar-refractivity contribution in [1.82, 2.24) is 9.55 Å². The monoisotopic (exact) mass is 252 g/mol. The zero-order valence-corrected chi connectivity index (χ0v) is 9.97. The van der Waals surface area contributed by atoms with Crippen LogP contribution < -0.4 is 0 Å². The van der Waals surface area contributed by atoms with Crippen molar-refractivity contribution < 1.29 is 9.84 Å². The number of halogens is 1. The molecule has 1 saturated heterocycles. The van der Waals surface area contributed by atoms with Gasteiger partial charge in [0.25, 0.3) is 0 Å². The first-order valence-electron chi connectivity index (χ1n) is 5.67. The maximum absolute atomic E-state index is 9.07. The zero-order chi connectivity index (χ0) is 11.8. The summed E-state index contributed by atoms with van der Waals surface area (Å²) >= 11 is 6.03. The fourth-order valence-electron chi connectivity index (χ4n) is 2.33. The highest BCUT2D eigenvalue weighted by molar-refractivity contribution is 6.34. The Hall–Kier alpha value is -1.10. The van der Waals surface area contributed by atoms with E-state index in [-0.39, 0.29) is 18.9 Å². The van der Waals surface area contributed by atoms with E-state index in [0.717, 1.165) is 23.7 Å². The normalized spacial score (nSPS) is 24.6. The minimum Gasteiger partial charge on any atom is -0.394 e. The summed E-state index contributed by atoms with van der Waals surface area (Å²) in [6.07, 6.45) is 5.40. The van der Waals surface area contributed by atoms with Crippen molar-refractivity contribution in [1.29, 1.82) is 0 Å². The van der Waals surface area contributed by atoms with Crippen LogP contribution >= 0.6 is 11.6 Å². The Balaban J connectivity index is 1.99. The van der Waals surface area contributed by atoms with Crippen LogP contribution in [0, 0.1) is 0 Å². The van der Waals surface area contributed by atoms with Gasteiger partial charge in [0.2, 0.25) is 0 Å². The third-order valence-electron chi connectivity index (χ3n) is 3.20. The SMILES string of the molecule is OCC1CCC(n2ccc3c(Cl)nccc32)O1. The average Bonchev–Trinajstić information content (AvgIpc) is 2.94. The lowest BCUT2D eigenvalue weighted by atomic mass is 10.2. The fourth-order valence-corrected chi connectivity index (χ4v) is 2.55. The van der Waals surface area contributed by atoms with Gasteiger partial charge in [0, 0.05) is 17.8 Å². The number of aliphatic hydroxyl groups excluding tert-OH is 1. The predicted molar refractivity (Wildman–Crippen MR) is 65.0 cm³/mol. The summed E-state index contributed by atoms with van der Waals surface area (Å²) in [5.74, 6) is 0. The molecule has 90 valence electrons. The van der Waals surface area contributed by atoms with E-state index in [9.17, 15) is 0 Å². The van der Waals surface area contributed by atoms with Crippen LogP contribution in [0.4, 0.5) is 0 Å². The van der Waals surface area contributed by atoms with Gasteiger partial charge >= 0.3 is 0 Å². The first-order chi connectivity index (χ1) is 8.29. The molecule has 5 heteroatoms. The minimum atomic E-state index is -0.0465. The van der Waals surface area contributed by atoms with Crippen molar-refractivity contribution in [3.05, 3.63) is 29.7 Å². The Morgan fingerprint density at radius 2 is 2.35 bits per heavy atom. The molecule has 2 atom stereocenters. The summed E-state index contributed by atoms with van der Waals surface area (Å²) in [6.45, 7) is 0.0814. The van der Waals surface area contributed by atoms with E-state index >= 15 is 0 Å². The number of nitrogens with zero attached hydrogens (tertiary/aromatic N) is 2. The largest absolute Gasteiger partial charge is 0.394 e. The number of hydrogen-bond donors (Lipinski definition) is 1. The highest BCUT2D eigenvalue weighted by Crippen LogP contribution is 2.32. The molecule has 4 nitrogen and oxygen atoms in total. The summed E-state index contributed by atoms with van der Waals surface area (Å²) in [6, 6.07) is 3.87. The van der Waals surface area contributed by atoms with Gasteiger partial charge in [-0.25, -0.2) is 4.98 Å². The van der Waals surface area contributed by atoms with Gasteiger partial charge in [-0.15, -0.1) is 0 Å². The smallest absolute Gasteiger partial charge is 0.138 e. The third kappa shape index (κ3) is 1.82. The lowest BCUT2D eigenvalue weighted by Crippen LogP contribution is -2.13. The maximum Gasteiger partial charge on any atom is 0.138 e. The molecule has 1 aliphatic rings. The molecule has 1 aliphatic heterocycles. The van der Waals surface area contributed by atoms with Gasteiger partial charge < -0.3 is 14.4 Å². The van der Waals surface area contributed by atoms with E-state index in [1.165, 1.54) is 0 Å². The number of hydrogen-bond acceptors (Lipinski definition) is 3. The highest BCUT2D eigenvalue weighted by atomic mass is 35.5. The number of pyridine rings is 1. The molecule has 1 N–H and O–H groups in total. The summed E-state index contributed by atoms with van der Waals surface area (Å²) in [5, 5.41) is 10.5. The van der Waals surface area contributed by atoms with Crippen molar-refractivity contribution in [3.63, 3.8) is 0 Å². The summed E-state index contributed by atoms with van der Waals surface area (Å²) in [5.41, 5.74) is 1.02. The van der Waals surface area contributed by atoms with Gasteiger partial charge in [-0.2, -0.15) is 0 Å². The van der Waals surface area contributed by atoms with Crippen LogP contribution in [-0.4, -0.2) is 27.4 Å². The Morgan fingerprint density at radius 1 is 1.47 bits per heavy atom. The van der Waals surface area contributed by atoms with Crippen molar-refractivity contribution in [2.45, 2.75) is 25.2 Å². The maximum atomic E-state index is 9.07. The number of ether oxygens (including phenoxy) is 1. The number of aliphatic hydroxyl groups is 1. The molecule has 0 amide bonds. The van der Waals surface area contributed by atoms with Crippen LogP contribution in [0.25, 0.3) is 10.9 Å². The first kappa shape index (κ1) is 11.0. The molecule has 3 heterocycles. The average molecular weight is 253 g/mol. The van der Waals surface area contributed by atoms with Gasteiger partial charge in [-0.1, -0.05) is 11.6 Å². The topological polar surface area (TPSA) is 47.3 Å². The van der Waals surface area contributed by atoms with Gasteiger partial charge in [0.1, 0.15) is 11.4 Å². The summed E-state index contributed by atoms with van der Waals surface area (Å²) in [7, 11) is 0. The lowest BCUT2D eigenvalue weighted by Gasteiger charge is -2.15. The summed E-state index contributed by atoms with van der Waals surface area (Å²) in [4.78, 5) is 4.05. The van der Waals surface area contributed by atoms with Crippen LogP contribution in [0.3, 0.4) is 0 Å². The van der Waals surface area contributed by atoms with Gasteiger partial charge in [-0.05, 0) is 25.0 Å². The molecule has 17 heavy (non-hydrogen) atoms. The van der Waals surface area contributed by atoms with Crippen molar-refractivity contribution in [2.75, 3.05) is 6.61 Å². The second-order valence-electron chi connectivity index (χ2n) is 4.23. The predicted octanol–water partition coefficient (Wildman–Crippen LogP) is 2.36. The van der Waals surface area contributed by atoms with E-state index in [1.807, 2.05) is 18.3 Å². The lowest BCUT2D eigenvalue weighted by molar-refractivity contribution is -0.0202. The van der Waals surface area contributed by atoms with E-state index in [1.54, 1.807) is 6.20 Å². The molecule has 3 rings (SSSR count). The molecule has 1 fully saturated rings. The van der Waals surface area contributed by atoms with E-state index in [2.05, 4.69) is 9.55 Å². The van der Waals surface area contributed by atoms with Gasteiger partial charge in [0.05, 0.1) is 18.2 Å². The van der Waals surface area contributed by atoms with Crippen molar-refractivity contribution in [3.8, 4) is 0 Å². The van der Waals surface area contributed by atoms with E-state index < -0.39 is 0 Å². The quantitative estimate of drug-likeness (QED) is 0.835. The molecule has 0 radical (unpaired) electrons. The van der Waals surface area contributed by atoms with Crippen LogP contribution in [0.2, 0.25) is 5.15 Å². The second-order valence-corrected chi connectivity index (χ2v) is 4.59. The molecule has 2 aromatic rings. The van der Waals surface area contributed by atoms with Gasteiger partial charge in [-0.3, -0.25) is 0 Å². The molecular weight excluding hydrogens is 240 g/mol. The van der Waals surface area contributed by atoms with Gasteiger partial charge in [0.15, 0.2) is 0 Å². The molecule has 0 aromatic carbocycles. The molecule has 0 aliphatic carbocycles. The highest BCUT2D eigenvalue weighted by Gasteiger charge is 2.26. The van der Waals surface area contributed by atoms with Crippen molar-refractivity contribution in [2.24, 2.45) is 0 Å². The van der Waals surface area contributed by atoms with E-state index in [0.29, 0.717) is 5.15 Å². The summed E-state index contributed by atoms with van der Waals surface area (Å²) < 4.78 is 7.81. The molecule has 0 saturated carbocycles. The number of aromatic nitrogens is 2. The van der Waals surface area contributed by atoms with Crippen molar-refractivity contribution >= 4 is 22.5 Å². The third-order valence-corrected chi connectivity index (χ3v) is 3.50. The van der Waals surface area contributed by atoms with Crippen LogP contribution in [0.1, 0.15) is 19.1 Å². The number of fused-ring (bicyclic) bond motifs is 1. The van der Waals surface area contributed by atoms with Crippen LogP contribution in [0.5, 0.6) is 0 Å². The van der Waals surface area contributed by atoms with Crippen LogP contribution in [-0.2, 0) is 4.74 Å². The Kier molecular flexibility index (Phi) is 2.78. The Labute approximate surface area is 104 Å². The molecule has 0 bridgehead atoms. The Bertz CT molecular complexity index is 540. The zero-order valence-electron chi connectivity index (χ0n) is 9.21. The second kappa shape index (κ2) is 4.29. The number of rotatable bonds is 2. The standard InChI is InChI=1S/C12H13ClN2O2/c13-12-9-4-6-15(10(9)3-5-14-12)11-2-1-8(7-16)17-11/h3-6,8,11,16H,1-2,7H2. The van der Waals surface area contributed by atoms with E-state index in [4.69, 9.17) is 21.4 Å². The fraction of sp³-hybridized carbons (Fsp3) is 0.417. The van der Waals surface area contributed by atoms with Crippen LogP contribution in [0.15, 0.2) is 24.5 Å². The Morgan fingerprint density at radius 3 is 3.12 bits per heavy atom. The molecule has 2 aromatic heterocycles. The molecular formula is C12H13ClN2O2. The molecule has 0 spiro atoms. The minimum absolute atomic E-state index is 0.0110. The molecule has 2 unspecified atom stereocenters. The first-order valence-corrected chi connectivity index (χ1v) is 6.05.